The molecule has 29 heavy (non-hydrogen) atoms. The van der Waals surface area contributed by atoms with Crippen molar-refractivity contribution in [3.8, 4) is 34.6 Å². The van der Waals surface area contributed by atoms with Crippen LogP contribution in [0.15, 0.2) is 36.4 Å². The van der Waals surface area contributed by atoms with Gasteiger partial charge in [0.15, 0.2) is 5.82 Å². The van der Waals surface area contributed by atoms with E-state index in [-0.39, 0.29) is 28.5 Å². The molecule has 0 spiro atoms. The number of nitrogens with zero attached hydrogens (tertiary/aromatic N) is 4. The Bertz CT molecular complexity index is 1050. The quantitative estimate of drug-likeness (QED) is 0.566. The molecular formula is C20H21ClN4O4. The number of phenolic OH excluding ortho intramolecular Hbond substituents is 2. The number of benzene rings is 2. The number of hydrogen-bond donors (Lipinski definition) is 3. The van der Waals surface area contributed by atoms with Crippen molar-refractivity contribution < 1.29 is 20.1 Å². The third-order valence-corrected chi connectivity index (χ3v) is 4.84. The van der Waals surface area contributed by atoms with Crippen LogP contribution in [0.4, 0.5) is 0 Å². The molecule has 0 aliphatic rings. The number of carbonyl (C=O) groups is 1. The van der Waals surface area contributed by atoms with Gasteiger partial charge in [0.2, 0.25) is 0 Å². The number of hydrogen-bond acceptors (Lipinski definition) is 6. The Morgan fingerprint density at radius 3 is 2.55 bits per heavy atom. The summed E-state index contributed by atoms with van der Waals surface area (Å²) in [5.41, 5.74) is 0.513. The SMILES string of the molecule is CCCCN(C)C(=O)c1cc(-c2nnc(O)n2-c2ccccc2Cl)c(O)cc1O. The van der Waals surface area contributed by atoms with Crippen LogP contribution in [0.2, 0.25) is 5.02 Å². The smallest absolute Gasteiger partial charge is 0.319 e. The van der Waals surface area contributed by atoms with Gasteiger partial charge in [0, 0.05) is 19.7 Å². The molecular weight excluding hydrogens is 396 g/mol. The fraction of sp³-hybridized carbons (Fsp3) is 0.250. The summed E-state index contributed by atoms with van der Waals surface area (Å²) < 4.78 is 1.25. The van der Waals surface area contributed by atoms with Crippen LogP contribution in [0.3, 0.4) is 0 Å². The van der Waals surface area contributed by atoms with Gasteiger partial charge in [-0.25, -0.2) is 4.57 Å². The number of aromatic nitrogens is 3. The van der Waals surface area contributed by atoms with E-state index in [0.717, 1.165) is 18.9 Å². The van der Waals surface area contributed by atoms with Crippen molar-refractivity contribution in [2.45, 2.75) is 19.8 Å². The van der Waals surface area contributed by atoms with E-state index >= 15 is 0 Å². The van der Waals surface area contributed by atoms with E-state index in [1.165, 1.54) is 15.5 Å². The van der Waals surface area contributed by atoms with E-state index in [1.807, 2.05) is 6.92 Å². The average molecular weight is 417 g/mol. The second-order valence-corrected chi connectivity index (χ2v) is 6.98. The lowest BCUT2D eigenvalue weighted by atomic mass is 10.1. The zero-order valence-electron chi connectivity index (χ0n) is 16.0. The zero-order chi connectivity index (χ0) is 21.1. The Labute approximate surface area is 172 Å². The molecule has 0 aliphatic heterocycles. The first-order chi connectivity index (χ1) is 13.8. The Morgan fingerprint density at radius 1 is 1.14 bits per heavy atom. The topological polar surface area (TPSA) is 112 Å². The lowest BCUT2D eigenvalue weighted by Crippen LogP contribution is -2.27. The predicted octanol–water partition coefficient (Wildman–Crippen LogP) is 3.58. The highest BCUT2D eigenvalue weighted by Gasteiger charge is 2.24. The lowest BCUT2D eigenvalue weighted by molar-refractivity contribution is 0.0790. The third kappa shape index (κ3) is 3.97. The standard InChI is InChI=1S/C20H21ClN4O4/c1-3-4-9-24(2)19(28)13-10-12(16(26)11-17(13)27)18-22-23-20(29)25(18)15-8-6-5-7-14(15)21/h5-8,10-11,26-27H,3-4,9H2,1-2H3,(H,23,29). The van der Waals surface area contributed by atoms with Gasteiger partial charge in [0.1, 0.15) is 11.5 Å². The molecule has 1 amide bonds. The average Bonchev–Trinajstić information content (AvgIpc) is 3.07. The van der Waals surface area contributed by atoms with Crippen molar-refractivity contribution in [1.82, 2.24) is 19.7 Å². The van der Waals surface area contributed by atoms with Crippen LogP contribution >= 0.6 is 11.6 Å². The first-order valence-electron chi connectivity index (χ1n) is 9.06. The first kappa shape index (κ1) is 20.5. The number of unbranched alkanes of at least 4 members (excludes halogenated alkanes) is 1. The summed E-state index contributed by atoms with van der Waals surface area (Å²) in [6.07, 6.45) is 1.74. The van der Waals surface area contributed by atoms with E-state index in [0.29, 0.717) is 17.3 Å². The molecule has 9 heteroatoms. The molecule has 2 aromatic carbocycles. The Hall–Kier alpha value is -3.26. The molecule has 3 N–H and O–H groups in total. The van der Waals surface area contributed by atoms with Gasteiger partial charge < -0.3 is 20.2 Å². The fourth-order valence-electron chi connectivity index (χ4n) is 2.94. The summed E-state index contributed by atoms with van der Waals surface area (Å²) >= 11 is 6.23. The number of amides is 1. The van der Waals surface area contributed by atoms with Gasteiger partial charge in [-0.1, -0.05) is 42.2 Å². The van der Waals surface area contributed by atoms with Crippen molar-refractivity contribution in [2.24, 2.45) is 0 Å². The van der Waals surface area contributed by atoms with Crippen molar-refractivity contribution in [3.63, 3.8) is 0 Å². The second kappa shape index (κ2) is 8.40. The monoisotopic (exact) mass is 416 g/mol. The summed E-state index contributed by atoms with van der Waals surface area (Å²) in [4.78, 5) is 14.2. The van der Waals surface area contributed by atoms with Crippen LogP contribution in [0.5, 0.6) is 17.5 Å². The van der Waals surface area contributed by atoms with Crippen molar-refractivity contribution in [3.05, 3.63) is 47.0 Å². The van der Waals surface area contributed by atoms with Crippen molar-refractivity contribution in [2.75, 3.05) is 13.6 Å². The zero-order valence-corrected chi connectivity index (χ0v) is 16.8. The van der Waals surface area contributed by atoms with E-state index < -0.39 is 11.9 Å². The maximum absolute atomic E-state index is 12.8. The molecule has 0 saturated heterocycles. The summed E-state index contributed by atoms with van der Waals surface area (Å²) in [6.45, 7) is 2.55. The van der Waals surface area contributed by atoms with Crippen LogP contribution in [-0.2, 0) is 0 Å². The maximum atomic E-state index is 12.8. The van der Waals surface area contributed by atoms with Crippen molar-refractivity contribution >= 4 is 17.5 Å². The maximum Gasteiger partial charge on any atom is 0.319 e. The third-order valence-electron chi connectivity index (χ3n) is 4.52. The fourth-order valence-corrected chi connectivity index (χ4v) is 3.16. The molecule has 0 unspecified atom stereocenters. The molecule has 0 atom stereocenters. The van der Waals surface area contributed by atoms with Gasteiger partial charge >= 0.3 is 6.01 Å². The van der Waals surface area contributed by atoms with Crippen LogP contribution in [0.1, 0.15) is 30.1 Å². The molecule has 8 nitrogen and oxygen atoms in total. The van der Waals surface area contributed by atoms with E-state index in [1.54, 1.807) is 31.3 Å². The molecule has 1 aromatic heterocycles. The minimum absolute atomic E-state index is 0.00426. The number of halogens is 1. The van der Waals surface area contributed by atoms with E-state index in [4.69, 9.17) is 11.6 Å². The van der Waals surface area contributed by atoms with Gasteiger partial charge in [-0.3, -0.25) is 4.79 Å². The highest BCUT2D eigenvalue weighted by molar-refractivity contribution is 6.32. The van der Waals surface area contributed by atoms with Crippen LogP contribution in [0, 0.1) is 0 Å². The van der Waals surface area contributed by atoms with Crippen LogP contribution < -0.4 is 0 Å². The normalized spacial score (nSPS) is 10.9. The molecule has 0 fully saturated rings. The predicted molar refractivity (Wildman–Crippen MR) is 109 cm³/mol. The molecule has 0 radical (unpaired) electrons. The number of carbonyl (C=O) groups excluding carboxylic acids is 1. The van der Waals surface area contributed by atoms with Gasteiger partial charge in [0.25, 0.3) is 5.91 Å². The number of para-hydroxylation sites is 1. The second-order valence-electron chi connectivity index (χ2n) is 6.58. The molecule has 152 valence electrons. The molecule has 0 bridgehead atoms. The Kier molecular flexibility index (Phi) is 5.93. The Balaban J connectivity index is 2.12. The molecule has 3 rings (SSSR count). The van der Waals surface area contributed by atoms with Gasteiger partial charge in [0.05, 0.1) is 21.8 Å². The van der Waals surface area contributed by atoms with Gasteiger partial charge in [-0.05, 0) is 24.6 Å². The van der Waals surface area contributed by atoms with Crippen LogP contribution in [-0.4, -0.2) is 54.5 Å². The largest absolute Gasteiger partial charge is 0.507 e. The summed E-state index contributed by atoms with van der Waals surface area (Å²) in [7, 11) is 1.64. The molecule has 3 aromatic rings. The number of rotatable bonds is 6. The highest BCUT2D eigenvalue weighted by atomic mass is 35.5. The van der Waals surface area contributed by atoms with Crippen molar-refractivity contribution in [1.29, 1.82) is 0 Å². The molecule has 1 heterocycles. The first-order valence-corrected chi connectivity index (χ1v) is 9.44. The Morgan fingerprint density at radius 2 is 1.86 bits per heavy atom. The van der Waals surface area contributed by atoms with E-state index in [2.05, 4.69) is 10.2 Å². The van der Waals surface area contributed by atoms with E-state index in [9.17, 15) is 20.1 Å². The minimum atomic E-state index is -0.437. The molecule has 0 saturated carbocycles. The van der Waals surface area contributed by atoms with Gasteiger partial charge in [-0.15, -0.1) is 5.10 Å². The number of aromatic hydroxyl groups is 3. The lowest BCUT2D eigenvalue weighted by Gasteiger charge is -2.18. The highest BCUT2D eigenvalue weighted by Crippen LogP contribution is 2.37. The summed E-state index contributed by atoms with van der Waals surface area (Å²) in [5.74, 6) is -1.01. The van der Waals surface area contributed by atoms with Gasteiger partial charge in [-0.2, -0.15) is 0 Å². The summed E-state index contributed by atoms with van der Waals surface area (Å²) in [5, 5.41) is 38.7. The van der Waals surface area contributed by atoms with Crippen LogP contribution in [0.25, 0.3) is 17.1 Å². The molecule has 0 aliphatic carbocycles. The summed E-state index contributed by atoms with van der Waals surface area (Å²) in [6, 6.07) is 8.69. The number of phenols is 2. The minimum Gasteiger partial charge on any atom is -0.507 e.